The predicted octanol–water partition coefficient (Wildman–Crippen LogP) is 9.85. The molecule has 0 aromatic carbocycles. The lowest BCUT2D eigenvalue weighted by molar-refractivity contribution is -0.159. The van der Waals surface area contributed by atoms with Crippen molar-refractivity contribution in [1.29, 1.82) is 0 Å². The average Bonchev–Trinajstić information content (AvgIpc) is 2.78. The van der Waals surface area contributed by atoms with E-state index in [9.17, 15) is 9.59 Å². The van der Waals surface area contributed by atoms with E-state index < -0.39 is 0 Å². The van der Waals surface area contributed by atoms with Crippen LogP contribution < -0.4 is 0 Å². The second kappa shape index (κ2) is 26.4. The largest absolute Gasteiger partial charge is 0.393 e. The van der Waals surface area contributed by atoms with Gasteiger partial charge in [0.2, 0.25) is 0 Å². The van der Waals surface area contributed by atoms with E-state index >= 15 is 0 Å². The van der Waals surface area contributed by atoms with Gasteiger partial charge < -0.3 is 4.74 Å². The van der Waals surface area contributed by atoms with Gasteiger partial charge in [0.15, 0.2) is 0 Å². The quantitative estimate of drug-likeness (QED) is 0.0786. The Morgan fingerprint density at radius 2 is 0.594 bits per heavy atom. The van der Waals surface area contributed by atoms with E-state index in [0.29, 0.717) is 12.8 Å². The molecule has 3 heteroatoms. The Kier molecular flexibility index (Phi) is 25.7. The summed E-state index contributed by atoms with van der Waals surface area (Å²) in [6.45, 7) is 4.48. The zero-order chi connectivity index (χ0) is 23.5. The molecule has 0 aliphatic rings. The van der Waals surface area contributed by atoms with Crippen molar-refractivity contribution < 1.29 is 14.3 Å². The van der Waals surface area contributed by atoms with Gasteiger partial charge in [0.1, 0.15) is 0 Å². The van der Waals surface area contributed by atoms with E-state index in [2.05, 4.69) is 13.8 Å². The van der Waals surface area contributed by atoms with Crippen molar-refractivity contribution in [2.24, 2.45) is 0 Å². The Morgan fingerprint density at radius 1 is 0.375 bits per heavy atom. The molecular weight excluding hydrogens is 396 g/mol. The van der Waals surface area contributed by atoms with Crippen LogP contribution >= 0.6 is 0 Å². The van der Waals surface area contributed by atoms with Crippen LogP contribution in [0.5, 0.6) is 0 Å². The van der Waals surface area contributed by atoms with E-state index in [4.69, 9.17) is 4.74 Å². The van der Waals surface area contributed by atoms with Gasteiger partial charge in [-0.1, -0.05) is 149 Å². The summed E-state index contributed by atoms with van der Waals surface area (Å²) in [5.41, 5.74) is 0. The normalized spacial score (nSPS) is 11.1. The number of ether oxygens (including phenoxy) is 1. The average molecular weight is 453 g/mol. The van der Waals surface area contributed by atoms with Crippen LogP contribution in [0.3, 0.4) is 0 Å². The maximum Gasteiger partial charge on any atom is 0.313 e. The van der Waals surface area contributed by atoms with E-state index in [1.54, 1.807) is 0 Å². The Morgan fingerprint density at radius 3 is 0.844 bits per heavy atom. The fourth-order valence-corrected chi connectivity index (χ4v) is 4.27. The highest BCUT2D eigenvalue weighted by Crippen LogP contribution is 2.14. The molecule has 0 fully saturated rings. The van der Waals surface area contributed by atoms with Gasteiger partial charge in [0, 0.05) is 12.8 Å². The molecule has 190 valence electrons. The summed E-state index contributed by atoms with van der Waals surface area (Å²) < 4.78 is 4.93. The number of hydrogen-bond donors (Lipinski definition) is 0. The number of esters is 2. The number of hydrogen-bond acceptors (Lipinski definition) is 3. The van der Waals surface area contributed by atoms with Crippen LogP contribution in [-0.2, 0) is 14.3 Å². The molecule has 0 aliphatic heterocycles. The third-order valence-corrected chi connectivity index (χ3v) is 6.45. The van der Waals surface area contributed by atoms with Crippen LogP contribution in [0.2, 0.25) is 0 Å². The first-order valence-corrected chi connectivity index (χ1v) is 14.4. The molecule has 0 N–H and O–H groups in total. The lowest BCUT2D eigenvalue weighted by Crippen LogP contribution is -2.11. The van der Waals surface area contributed by atoms with E-state index in [1.807, 2.05) is 0 Å². The standard InChI is InChI=1S/C29H56O3/c1-3-5-7-9-11-12-13-14-15-16-17-18-19-20-21-23-25-27-29(31)32-28(30)26-24-22-10-8-6-4-2/h3-27H2,1-2H3. The first-order chi connectivity index (χ1) is 15.7. The van der Waals surface area contributed by atoms with Crippen LogP contribution in [-0.4, -0.2) is 11.9 Å². The molecule has 0 aliphatic carbocycles. The molecule has 0 unspecified atom stereocenters. The molecule has 0 aromatic heterocycles. The highest BCUT2D eigenvalue weighted by Gasteiger charge is 2.09. The van der Waals surface area contributed by atoms with Gasteiger partial charge in [0.25, 0.3) is 0 Å². The minimum absolute atomic E-state index is 0.332. The Hall–Kier alpha value is -0.860. The third-order valence-electron chi connectivity index (χ3n) is 6.45. The number of carbonyl (C=O) groups excluding carboxylic acids is 2. The number of unbranched alkanes of at least 4 members (excludes halogenated alkanes) is 21. The lowest BCUT2D eigenvalue weighted by atomic mass is 10.0. The zero-order valence-corrected chi connectivity index (χ0v) is 21.9. The molecule has 0 amide bonds. The van der Waals surface area contributed by atoms with Crippen molar-refractivity contribution in [3.8, 4) is 0 Å². The first-order valence-electron chi connectivity index (χ1n) is 14.4. The van der Waals surface area contributed by atoms with Crippen molar-refractivity contribution >= 4 is 11.9 Å². The molecule has 3 nitrogen and oxygen atoms in total. The molecule has 0 saturated heterocycles. The monoisotopic (exact) mass is 452 g/mol. The topological polar surface area (TPSA) is 43.4 Å². The molecule has 32 heavy (non-hydrogen) atoms. The Bertz CT molecular complexity index is 405. The van der Waals surface area contributed by atoms with Crippen LogP contribution in [0.25, 0.3) is 0 Å². The van der Waals surface area contributed by atoms with Gasteiger partial charge in [0.05, 0.1) is 0 Å². The van der Waals surface area contributed by atoms with E-state index in [0.717, 1.165) is 25.7 Å². The highest BCUT2D eigenvalue weighted by atomic mass is 16.6. The SMILES string of the molecule is CCCCCCCCCCCCCCCCCCCC(=O)OC(=O)CCCCCCCC. The smallest absolute Gasteiger partial charge is 0.313 e. The molecule has 0 saturated carbocycles. The van der Waals surface area contributed by atoms with Gasteiger partial charge in [-0.05, 0) is 12.8 Å². The summed E-state index contributed by atoms with van der Waals surface area (Å²) in [5.74, 6) is -0.667. The fourth-order valence-electron chi connectivity index (χ4n) is 4.27. The van der Waals surface area contributed by atoms with Gasteiger partial charge in [-0.15, -0.1) is 0 Å². The van der Waals surface area contributed by atoms with Crippen molar-refractivity contribution in [3.63, 3.8) is 0 Å². The summed E-state index contributed by atoms with van der Waals surface area (Å²) in [7, 11) is 0. The summed E-state index contributed by atoms with van der Waals surface area (Å²) in [4.78, 5) is 23.4. The summed E-state index contributed by atoms with van der Waals surface area (Å²) in [6, 6.07) is 0. The van der Waals surface area contributed by atoms with Gasteiger partial charge >= 0.3 is 11.9 Å². The van der Waals surface area contributed by atoms with Gasteiger partial charge in [-0.2, -0.15) is 0 Å². The van der Waals surface area contributed by atoms with Crippen LogP contribution in [0.4, 0.5) is 0 Å². The molecular formula is C29H56O3. The third kappa shape index (κ3) is 25.4. The molecule has 0 bridgehead atoms. The first kappa shape index (κ1) is 31.1. The minimum Gasteiger partial charge on any atom is -0.393 e. The van der Waals surface area contributed by atoms with Crippen molar-refractivity contribution in [1.82, 2.24) is 0 Å². The molecule has 0 rings (SSSR count). The van der Waals surface area contributed by atoms with Crippen LogP contribution in [0, 0.1) is 0 Å². The Balaban J connectivity index is 3.24. The molecule has 0 aromatic rings. The van der Waals surface area contributed by atoms with Crippen molar-refractivity contribution in [2.45, 2.75) is 174 Å². The van der Waals surface area contributed by atoms with Crippen LogP contribution in [0.15, 0.2) is 0 Å². The Labute approximate surface area is 200 Å². The minimum atomic E-state index is -0.336. The second-order valence-electron chi connectivity index (χ2n) is 9.77. The molecule has 0 atom stereocenters. The summed E-state index contributed by atoms with van der Waals surface area (Å²) >= 11 is 0. The molecule has 0 spiro atoms. The number of rotatable bonds is 25. The van der Waals surface area contributed by atoms with E-state index in [1.165, 1.54) is 122 Å². The predicted molar refractivity (Wildman–Crippen MR) is 138 cm³/mol. The second-order valence-corrected chi connectivity index (χ2v) is 9.77. The lowest BCUT2D eigenvalue weighted by Gasteiger charge is -2.04. The van der Waals surface area contributed by atoms with Gasteiger partial charge in [-0.3, -0.25) is 9.59 Å². The maximum absolute atomic E-state index is 11.7. The van der Waals surface area contributed by atoms with Crippen molar-refractivity contribution in [2.75, 3.05) is 0 Å². The summed E-state index contributed by atoms with van der Waals surface area (Å²) in [6.07, 6.45) is 30.2. The zero-order valence-electron chi connectivity index (χ0n) is 21.9. The van der Waals surface area contributed by atoms with Crippen molar-refractivity contribution in [3.05, 3.63) is 0 Å². The summed E-state index contributed by atoms with van der Waals surface area (Å²) in [5, 5.41) is 0. The maximum atomic E-state index is 11.7. The van der Waals surface area contributed by atoms with Gasteiger partial charge in [-0.25, -0.2) is 0 Å². The molecule has 0 heterocycles. The van der Waals surface area contributed by atoms with Crippen LogP contribution in [0.1, 0.15) is 174 Å². The number of carbonyl (C=O) groups is 2. The van der Waals surface area contributed by atoms with E-state index in [-0.39, 0.29) is 11.9 Å². The highest BCUT2D eigenvalue weighted by molar-refractivity contribution is 5.85. The molecule has 0 radical (unpaired) electrons. The fraction of sp³-hybridized carbons (Fsp3) is 0.931.